The second kappa shape index (κ2) is 3.68. The van der Waals surface area contributed by atoms with Gasteiger partial charge in [-0.1, -0.05) is 0 Å². The molecule has 78 valence electrons. The maximum Gasteiger partial charge on any atom is 0.269 e. The SMILES string of the molecule is NC(=NC1CC1)c1ccc([N+](=O)[O-])cc1. The lowest BCUT2D eigenvalue weighted by Gasteiger charge is -1.99. The molecule has 1 aromatic rings. The van der Waals surface area contributed by atoms with Crippen LogP contribution in [0.1, 0.15) is 18.4 Å². The molecule has 0 aromatic heterocycles. The molecule has 0 unspecified atom stereocenters. The molecule has 0 amide bonds. The first-order valence-corrected chi connectivity index (χ1v) is 4.75. The fraction of sp³-hybridized carbons (Fsp3) is 0.300. The molecule has 1 aliphatic carbocycles. The number of benzene rings is 1. The van der Waals surface area contributed by atoms with Crippen LogP contribution in [0.2, 0.25) is 0 Å². The molecule has 1 aromatic carbocycles. The van der Waals surface area contributed by atoms with E-state index in [-0.39, 0.29) is 5.69 Å². The minimum atomic E-state index is -0.433. The quantitative estimate of drug-likeness (QED) is 0.351. The standard InChI is InChI=1S/C10H11N3O2/c11-10(12-8-3-4-8)7-1-5-9(6-2-7)13(14)15/h1-2,5-6,8H,3-4H2,(H2,11,12). The Kier molecular flexibility index (Phi) is 2.37. The molecule has 5 nitrogen and oxygen atoms in total. The molecular weight excluding hydrogens is 194 g/mol. The first kappa shape index (κ1) is 9.64. The van der Waals surface area contributed by atoms with Crippen molar-refractivity contribution in [3.05, 3.63) is 39.9 Å². The monoisotopic (exact) mass is 205 g/mol. The molecule has 0 bridgehead atoms. The van der Waals surface area contributed by atoms with Crippen LogP contribution in [0.25, 0.3) is 0 Å². The van der Waals surface area contributed by atoms with E-state index in [1.807, 2.05) is 0 Å². The molecule has 0 aliphatic heterocycles. The number of rotatable bonds is 3. The third-order valence-electron chi connectivity index (χ3n) is 2.24. The van der Waals surface area contributed by atoms with E-state index < -0.39 is 4.92 Å². The zero-order valence-corrected chi connectivity index (χ0v) is 8.09. The van der Waals surface area contributed by atoms with Crippen LogP contribution in [0.4, 0.5) is 5.69 Å². The van der Waals surface area contributed by atoms with Crippen molar-refractivity contribution in [2.24, 2.45) is 10.7 Å². The normalized spacial score (nSPS) is 16.4. The fourth-order valence-corrected chi connectivity index (χ4v) is 1.23. The zero-order valence-electron chi connectivity index (χ0n) is 8.09. The molecule has 1 saturated carbocycles. The lowest BCUT2D eigenvalue weighted by Crippen LogP contribution is -2.14. The van der Waals surface area contributed by atoms with E-state index in [1.165, 1.54) is 12.1 Å². The summed E-state index contributed by atoms with van der Waals surface area (Å²) in [5.41, 5.74) is 6.55. The van der Waals surface area contributed by atoms with Crippen LogP contribution < -0.4 is 5.73 Å². The van der Waals surface area contributed by atoms with E-state index in [2.05, 4.69) is 4.99 Å². The van der Waals surface area contributed by atoms with Gasteiger partial charge in [-0.2, -0.15) is 0 Å². The molecular formula is C10H11N3O2. The molecule has 0 heterocycles. The van der Waals surface area contributed by atoms with Gasteiger partial charge in [0.15, 0.2) is 0 Å². The Labute approximate surface area is 86.8 Å². The van der Waals surface area contributed by atoms with Crippen LogP contribution in [0, 0.1) is 10.1 Å². The van der Waals surface area contributed by atoms with Crippen LogP contribution in [-0.4, -0.2) is 16.8 Å². The number of hydrogen-bond acceptors (Lipinski definition) is 3. The summed E-state index contributed by atoms with van der Waals surface area (Å²) in [6.07, 6.45) is 2.18. The summed E-state index contributed by atoms with van der Waals surface area (Å²) in [6.45, 7) is 0. The first-order valence-electron chi connectivity index (χ1n) is 4.75. The Morgan fingerprint density at radius 3 is 2.47 bits per heavy atom. The second-order valence-electron chi connectivity index (χ2n) is 3.55. The number of hydrogen-bond donors (Lipinski definition) is 1. The Hall–Kier alpha value is -1.91. The number of nitrogens with two attached hydrogens (primary N) is 1. The lowest BCUT2D eigenvalue weighted by molar-refractivity contribution is -0.384. The van der Waals surface area contributed by atoms with Gasteiger partial charge in [0.2, 0.25) is 0 Å². The van der Waals surface area contributed by atoms with Crippen molar-refractivity contribution in [3.8, 4) is 0 Å². The number of non-ortho nitro benzene ring substituents is 1. The average Bonchev–Trinajstić information content (AvgIpc) is 3.02. The van der Waals surface area contributed by atoms with Gasteiger partial charge < -0.3 is 5.73 Å². The van der Waals surface area contributed by atoms with Crippen LogP contribution in [0.15, 0.2) is 29.3 Å². The minimum Gasteiger partial charge on any atom is -0.383 e. The molecule has 0 radical (unpaired) electrons. The van der Waals surface area contributed by atoms with Gasteiger partial charge in [-0.15, -0.1) is 0 Å². The molecule has 0 atom stereocenters. The number of nitro groups is 1. The molecule has 0 saturated heterocycles. The number of nitrogens with zero attached hydrogens (tertiary/aromatic N) is 2. The van der Waals surface area contributed by atoms with Crippen molar-refractivity contribution in [2.75, 3.05) is 0 Å². The van der Waals surface area contributed by atoms with Crippen molar-refractivity contribution >= 4 is 11.5 Å². The van der Waals surface area contributed by atoms with Crippen molar-refractivity contribution in [3.63, 3.8) is 0 Å². The van der Waals surface area contributed by atoms with Gasteiger partial charge in [0.1, 0.15) is 5.84 Å². The largest absolute Gasteiger partial charge is 0.383 e. The van der Waals surface area contributed by atoms with Gasteiger partial charge >= 0.3 is 0 Å². The Morgan fingerprint density at radius 2 is 2.00 bits per heavy atom. The highest BCUT2D eigenvalue weighted by molar-refractivity contribution is 5.97. The van der Waals surface area contributed by atoms with E-state index in [0.29, 0.717) is 11.9 Å². The smallest absolute Gasteiger partial charge is 0.269 e. The van der Waals surface area contributed by atoms with Gasteiger partial charge in [0.05, 0.1) is 11.0 Å². The molecule has 15 heavy (non-hydrogen) atoms. The molecule has 2 N–H and O–H groups in total. The number of amidine groups is 1. The topological polar surface area (TPSA) is 81.5 Å². The van der Waals surface area contributed by atoms with E-state index in [4.69, 9.17) is 5.73 Å². The predicted octanol–water partition coefficient (Wildman–Crippen LogP) is 1.46. The highest BCUT2D eigenvalue weighted by atomic mass is 16.6. The summed E-state index contributed by atoms with van der Waals surface area (Å²) >= 11 is 0. The average molecular weight is 205 g/mol. The molecule has 5 heteroatoms. The summed E-state index contributed by atoms with van der Waals surface area (Å²) in [5.74, 6) is 0.465. The van der Waals surface area contributed by atoms with Crippen molar-refractivity contribution in [1.29, 1.82) is 0 Å². The maximum absolute atomic E-state index is 10.4. The first-order chi connectivity index (χ1) is 7.16. The Bertz CT molecular complexity index is 407. The third-order valence-corrected chi connectivity index (χ3v) is 2.24. The lowest BCUT2D eigenvalue weighted by atomic mass is 10.2. The van der Waals surface area contributed by atoms with Gasteiger partial charge in [0.25, 0.3) is 5.69 Å². The Balaban J connectivity index is 2.18. The van der Waals surface area contributed by atoms with Crippen LogP contribution in [-0.2, 0) is 0 Å². The van der Waals surface area contributed by atoms with Gasteiger partial charge in [0, 0.05) is 17.7 Å². The molecule has 0 spiro atoms. The zero-order chi connectivity index (χ0) is 10.8. The van der Waals surface area contributed by atoms with Crippen LogP contribution in [0.3, 0.4) is 0 Å². The van der Waals surface area contributed by atoms with Gasteiger partial charge in [-0.25, -0.2) is 0 Å². The molecule has 2 rings (SSSR count). The van der Waals surface area contributed by atoms with E-state index in [9.17, 15) is 10.1 Å². The van der Waals surface area contributed by atoms with Crippen molar-refractivity contribution in [2.45, 2.75) is 18.9 Å². The molecule has 1 fully saturated rings. The predicted molar refractivity (Wildman–Crippen MR) is 56.8 cm³/mol. The fourth-order valence-electron chi connectivity index (χ4n) is 1.23. The van der Waals surface area contributed by atoms with E-state index >= 15 is 0 Å². The van der Waals surface area contributed by atoms with Crippen LogP contribution >= 0.6 is 0 Å². The van der Waals surface area contributed by atoms with E-state index in [0.717, 1.165) is 18.4 Å². The Morgan fingerprint density at radius 1 is 1.40 bits per heavy atom. The third kappa shape index (κ3) is 2.31. The van der Waals surface area contributed by atoms with Crippen molar-refractivity contribution in [1.82, 2.24) is 0 Å². The minimum absolute atomic E-state index is 0.0676. The maximum atomic E-state index is 10.4. The van der Waals surface area contributed by atoms with Gasteiger partial charge in [-0.3, -0.25) is 15.1 Å². The van der Waals surface area contributed by atoms with Crippen LogP contribution in [0.5, 0.6) is 0 Å². The summed E-state index contributed by atoms with van der Waals surface area (Å²) < 4.78 is 0. The highest BCUT2D eigenvalue weighted by Gasteiger charge is 2.20. The van der Waals surface area contributed by atoms with Crippen molar-refractivity contribution < 1.29 is 4.92 Å². The summed E-state index contributed by atoms with van der Waals surface area (Å²) in [6, 6.07) is 6.48. The highest BCUT2D eigenvalue weighted by Crippen LogP contribution is 2.24. The summed E-state index contributed by atoms with van der Waals surface area (Å²) in [5, 5.41) is 10.4. The second-order valence-corrected chi connectivity index (χ2v) is 3.55. The summed E-state index contributed by atoms with van der Waals surface area (Å²) in [4.78, 5) is 14.2. The summed E-state index contributed by atoms with van der Waals surface area (Å²) in [7, 11) is 0. The number of aliphatic imine (C=N–C) groups is 1. The van der Waals surface area contributed by atoms with Gasteiger partial charge in [-0.05, 0) is 25.0 Å². The van der Waals surface area contributed by atoms with E-state index in [1.54, 1.807) is 12.1 Å². The molecule has 1 aliphatic rings. The number of nitro benzene ring substituents is 1.